The number of benzene rings is 1. The Kier molecular flexibility index (Phi) is 6.38. The Morgan fingerprint density at radius 2 is 2.00 bits per heavy atom. The summed E-state index contributed by atoms with van der Waals surface area (Å²) in [6.07, 6.45) is -0.879. The van der Waals surface area contributed by atoms with E-state index in [0.29, 0.717) is 29.9 Å². The Labute approximate surface area is 184 Å². The minimum atomic E-state index is -4.35. The molecule has 0 atom stereocenters. The first-order valence-corrected chi connectivity index (χ1v) is 11.8. The molecule has 0 saturated carbocycles. The van der Waals surface area contributed by atoms with Crippen LogP contribution in [0.3, 0.4) is 0 Å². The molecule has 0 bridgehead atoms. The second kappa shape index (κ2) is 9.04. The van der Waals surface area contributed by atoms with Crippen molar-refractivity contribution in [3.05, 3.63) is 62.0 Å². The molecule has 2 aromatic heterocycles. The molecule has 0 unspecified atom stereocenters. The van der Waals surface area contributed by atoms with Gasteiger partial charge in [0.1, 0.15) is 10.7 Å². The normalized spacial score (nSPS) is 13.5. The fourth-order valence-corrected chi connectivity index (χ4v) is 5.61. The lowest BCUT2D eigenvalue weighted by Crippen LogP contribution is -2.27. The summed E-state index contributed by atoms with van der Waals surface area (Å²) in [5.41, 5.74) is 1.06. The molecule has 1 amide bonds. The van der Waals surface area contributed by atoms with Crippen molar-refractivity contribution in [3.8, 4) is 0 Å². The Morgan fingerprint density at radius 1 is 1.23 bits per heavy atom. The molecule has 2 N–H and O–H groups in total. The van der Waals surface area contributed by atoms with Crippen molar-refractivity contribution < 1.29 is 18.0 Å². The van der Waals surface area contributed by atoms with Gasteiger partial charge in [-0.25, -0.2) is 4.98 Å². The van der Waals surface area contributed by atoms with Crippen LogP contribution in [-0.2, 0) is 36.0 Å². The van der Waals surface area contributed by atoms with E-state index in [1.54, 1.807) is 11.3 Å². The van der Waals surface area contributed by atoms with Gasteiger partial charge in [-0.15, -0.1) is 23.1 Å². The number of carbonyl (C=O) groups excluding carboxylic acids is 1. The summed E-state index contributed by atoms with van der Waals surface area (Å²) >= 11 is 2.93. The van der Waals surface area contributed by atoms with Crippen molar-refractivity contribution in [2.45, 2.75) is 37.6 Å². The van der Waals surface area contributed by atoms with Crippen LogP contribution in [-0.4, -0.2) is 28.2 Å². The summed E-state index contributed by atoms with van der Waals surface area (Å²) in [6, 6.07) is 4.92. The van der Waals surface area contributed by atoms with E-state index in [2.05, 4.69) is 15.3 Å². The molecule has 0 spiro atoms. The molecule has 1 aromatic carbocycles. The maximum Gasteiger partial charge on any atom is 0.416 e. The maximum absolute atomic E-state index is 12.6. The van der Waals surface area contributed by atoms with Gasteiger partial charge in [-0.05, 0) is 48.9 Å². The van der Waals surface area contributed by atoms with Gasteiger partial charge < -0.3 is 10.3 Å². The number of amides is 1. The molecule has 4 rings (SSSR count). The molecule has 0 saturated heterocycles. The number of fused-ring (bicyclic) bond motifs is 3. The van der Waals surface area contributed by atoms with Gasteiger partial charge in [-0.2, -0.15) is 13.2 Å². The Balaban J connectivity index is 1.23. The first kappa shape index (κ1) is 21.9. The van der Waals surface area contributed by atoms with Gasteiger partial charge in [-0.3, -0.25) is 9.59 Å². The monoisotopic (exact) mass is 467 g/mol. The highest BCUT2D eigenvalue weighted by atomic mass is 32.2. The van der Waals surface area contributed by atoms with Gasteiger partial charge in [0.05, 0.1) is 22.5 Å². The minimum absolute atomic E-state index is 0.110. The number of aromatic amines is 1. The first-order valence-electron chi connectivity index (χ1n) is 9.85. The zero-order valence-electron chi connectivity index (χ0n) is 16.5. The van der Waals surface area contributed by atoms with Crippen molar-refractivity contribution in [1.29, 1.82) is 0 Å². The summed E-state index contributed by atoms with van der Waals surface area (Å²) < 4.78 is 37.7. The number of nitrogens with zero attached hydrogens (tertiary/aromatic N) is 1. The predicted molar refractivity (Wildman–Crippen MR) is 117 cm³/mol. The summed E-state index contributed by atoms with van der Waals surface area (Å²) in [5.74, 6) is 1.01. The van der Waals surface area contributed by atoms with Crippen LogP contribution in [0.4, 0.5) is 13.2 Å². The number of hydrogen-bond acceptors (Lipinski definition) is 5. The topological polar surface area (TPSA) is 74.8 Å². The van der Waals surface area contributed by atoms with E-state index >= 15 is 0 Å². The standard InChI is InChI=1S/C21H20F3N3O2S2/c22-21(23,24)13-6-4-12(5-7-13)8-9-25-17(28)11-30-10-16-26-19(29)18-14-2-1-3-15(14)31-20(18)27-16/h4-7H,1-3,8-11H2,(H,25,28)(H,26,27,29). The molecular weight excluding hydrogens is 447 g/mol. The molecule has 3 aromatic rings. The lowest BCUT2D eigenvalue weighted by Gasteiger charge is -2.08. The van der Waals surface area contributed by atoms with E-state index < -0.39 is 11.7 Å². The van der Waals surface area contributed by atoms with Gasteiger partial charge >= 0.3 is 6.18 Å². The van der Waals surface area contributed by atoms with Crippen molar-refractivity contribution in [2.24, 2.45) is 0 Å². The zero-order chi connectivity index (χ0) is 22.0. The van der Waals surface area contributed by atoms with E-state index in [9.17, 15) is 22.8 Å². The van der Waals surface area contributed by atoms with E-state index in [4.69, 9.17) is 0 Å². The second-order valence-electron chi connectivity index (χ2n) is 7.34. The maximum atomic E-state index is 12.6. The molecule has 10 heteroatoms. The van der Waals surface area contributed by atoms with Gasteiger partial charge in [-0.1, -0.05) is 12.1 Å². The SMILES string of the molecule is O=C(CSCc1nc2sc3c(c2c(=O)[nH]1)CCC3)NCCc1ccc(C(F)(F)F)cc1. The molecular formula is C21H20F3N3O2S2. The highest BCUT2D eigenvalue weighted by Gasteiger charge is 2.29. The number of hydrogen-bond donors (Lipinski definition) is 2. The van der Waals surface area contributed by atoms with Crippen LogP contribution >= 0.6 is 23.1 Å². The van der Waals surface area contributed by atoms with Crippen LogP contribution in [0.5, 0.6) is 0 Å². The molecule has 0 radical (unpaired) electrons. The van der Waals surface area contributed by atoms with Crippen LogP contribution in [0, 0.1) is 0 Å². The molecule has 164 valence electrons. The van der Waals surface area contributed by atoms with Crippen molar-refractivity contribution in [3.63, 3.8) is 0 Å². The van der Waals surface area contributed by atoms with Crippen LogP contribution < -0.4 is 10.9 Å². The number of aryl methyl sites for hydroxylation is 2. The molecule has 0 aliphatic heterocycles. The number of thiophene rings is 1. The van der Waals surface area contributed by atoms with Gasteiger partial charge in [0, 0.05) is 11.4 Å². The van der Waals surface area contributed by atoms with Crippen molar-refractivity contribution >= 4 is 39.2 Å². The van der Waals surface area contributed by atoms with Crippen LogP contribution in [0.2, 0.25) is 0 Å². The van der Waals surface area contributed by atoms with Crippen LogP contribution in [0.1, 0.15) is 33.8 Å². The molecule has 0 fully saturated rings. The number of halogens is 3. The summed E-state index contributed by atoms with van der Waals surface area (Å²) in [5, 5.41) is 3.47. The fraction of sp³-hybridized carbons (Fsp3) is 0.381. The summed E-state index contributed by atoms with van der Waals surface area (Å²) in [7, 11) is 0. The van der Waals surface area contributed by atoms with E-state index in [1.165, 1.54) is 28.8 Å². The van der Waals surface area contributed by atoms with E-state index in [0.717, 1.165) is 47.4 Å². The first-order chi connectivity index (χ1) is 14.8. The average molecular weight is 468 g/mol. The largest absolute Gasteiger partial charge is 0.416 e. The molecule has 5 nitrogen and oxygen atoms in total. The van der Waals surface area contributed by atoms with E-state index in [-0.39, 0.29) is 17.2 Å². The number of H-pyrrole nitrogens is 1. The van der Waals surface area contributed by atoms with Crippen molar-refractivity contribution in [1.82, 2.24) is 15.3 Å². The highest BCUT2D eigenvalue weighted by Crippen LogP contribution is 2.34. The number of carbonyl (C=O) groups is 1. The third-order valence-corrected chi connectivity index (χ3v) is 7.24. The third kappa shape index (κ3) is 5.12. The zero-order valence-corrected chi connectivity index (χ0v) is 18.1. The lowest BCUT2D eigenvalue weighted by atomic mass is 10.1. The van der Waals surface area contributed by atoms with Crippen LogP contribution in [0.15, 0.2) is 29.1 Å². The Bertz CT molecular complexity index is 1150. The lowest BCUT2D eigenvalue weighted by molar-refractivity contribution is -0.137. The highest BCUT2D eigenvalue weighted by molar-refractivity contribution is 7.99. The van der Waals surface area contributed by atoms with Crippen molar-refractivity contribution in [2.75, 3.05) is 12.3 Å². The summed E-state index contributed by atoms with van der Waals surface area (Å²) in [4.78, 5) is 33.8. The number of rotatable bonds is 7. The van der Waals surface area contributed by atoms with Gasteiger partial charge in [0.25, 0.3) is 5.56 Å². The predicted octanol–water partition coefficient (Wildman–Crippen LogP) is 4.08. The molecule has 1 aliphatic rings. The quantitative estimate of drug-likeness (QED) is 0.549. The number of alkyl halides is 3. The van der Waals surface area contributed by atoms with E-state index in [1.807, 2.05) is 0 Å². The Hall–Kier alpha value is -2.33. The van der Waals surface area contributed by atoms with Gasteiger partial charge in [0.2, 0.25) is 5.91 Å². The number of nitrogens with one attached hydrogen (secondary N) is 2. The Morgan fingerprint density at radius 3 is 2.74 bits per heavy atom. The number of thioether (sulfide) groups is 1. The number of aromatic nitrogens is 2. The average Bonchev–Trinajstić information content (AvgIpc) is 3.28. The molecule has 31 heavy (non-hydrogen) atoms. The van der Waals surface area contributed by atoms with Crippen LogP contribution in [0.25, 0.3) is 10.2 Å². The minimum Gasteiger partial charge on any atom is -0.355 e. The fourth-order valence-electron chi connectivity index (χ4n) is 3.61. The third-order valence-electron chi connectivity index (χ3n) is 5.11. The smallest absolute Gasteiger partial charge is 0.355 e. The molecule has 2 heterocycles. The second-order valence-corrected chi connectivity index (χ2v) is 9.41. The molecule has 1 aliphatic carbocycles. The summed E-state index contributed by atoms with van der Waals surface area (Å²) in [6.45, 7) is 0.340. The van der Waals surface area contributed by atoms with Gasteiger partial charge in [0.15, 0.2) is 0 Å².